The molecule has 0 bridgehead atoms. The minimum absolute atomic E-state index is 0.508. The van der Waals surface area contributed by atoms with Crippen LogP contribution in [0.5, 0.6) is 0 Å². The van der Waals surface area contributed by atoms with Gasteiger partial charge in [0.15, 0.2) is 0 Å². The Balaban J connectivity index is 1.48. The molecule has 20 heavy (non-hydrogen) atoms. The maximum atomic E-state index is 5.85. The summed E-state index contributed by atoms with van der Waals surface area (Å²) in [6.45, 7) is 4.58. The molecular formula is C17H23NO2. The van der Waals surface area contributed by atoms with Crippen molar-refractivity contribution < 1.29 is 9.15 Å². The van der Waals surface area contributed by atoms with Crippen LogP contribution in [0.25, 0.3) is 11.0 Å². The Hall–Kier alpha value is -1.32. The molecule has 1 aromatic carbocycles. The topological polar surface area (TPSA) is 34.4 Å². The van der Waals surface area contributed by atoms with Crippen LogP contribution in [0.4, 0.5) is 0 Å². The van der Waals surface area contributed by atoms with E-state index >= 15 is 0 Å². The van der Waals surface area contributed by atoms with Gasteiger partial charge in [0, 0.05) is 24.0 Å². The molecule has 3 nitrogen and oxygen atoms in total. The number of fused-ring (bicyclic) bond motifs is 1. The monoisotopic (exact) mass is 273 g/mol. The highest BCUT2D eigenvalue weighted by atomic mass is 16.5. The first-order valence-electron chi connectivity index (χ1n) is 7.64. The molecule has 108 valence electrons. The van der Waals surface area contributed by atoms with Gasteiger partial charge >= 0.3 is 0 Å². The average molecular weight is 273 g/mol. The molecule has 0 atom stereocenters. The molecule has 1 aliphatic carbocycles. The van der Waals surface area contributed by atoms with Crippen LogP contribution in [0, 0.1) is 6.92 Å². The number of aryl methyl sites for hydroxylation is 1. The van der Waals surface area contributed by atoms with E-state index in [1.54, 1.807) is 0 Å². The van der Waals surface area contributed by atoms with Crippen LogP contribution in [0.15, 0.2) is 28.7 Å². The molecule has 0 radical (unpaired) electrons. The summed E-state index contributed by atoms with van der Waals surface area (Å²) in [4.78, 5) is 0. The number of nitrogens with one attached hydrogen (secondary N) is 1. The Morgan fingerprint density at radius 2 is 2.05 bits per heavy atom. The van der Waals surface area contributed by atoms with Gasteiger partial charge in [0.05, 0.1) is 12.7 Å². The van der Waals surface area contributed by atoms with Crippen molar-refractivity contribution >= 4 is 11.0 Å². The summed E-state index contributed by atoms with van der Waals surface area (Å²) in [5.74, 6) is 1.01. The molecular weight excluding hydrogens is 250 g/mol. The van der Waals surface area contributed by atoms with E-state index in [1.807, 2.05) is 19.1 Å². The summed E-state index contributed by atoms with van der Waals surface area (Å²) in [5.41, 5.74) is 2.24. The third-order valence-corrected chi connectivity index (χ3v) is 4.14. The largest absolute Gasteiger partial charge is 0.461 e. The number of rotatable bonds is 6. The number of hydrogen-bond acceptors (Lipinski definition) is 3. The lowest BCUT2D eigenvalue weighted by molar-refractivity contribution is 0.0602. The van der Waals surface area contributed by atoms with Gasteiger partial charge in [-0.1, -0.05) is 31.0 Å². The Kier molecular flexibility index (Phi) is 4.38. The predicted octanol–water partition coefficient (Wildman–Crippen LogP) is 3.79. The summed E-state index contributed by atoms with van der Waals surface area (Å²) in [6, 6.07) is 8.22. The molecule has 1 saturated carbocycles. The van der Waals surface area contributed by atoms with Gasteiger partial charge in [-0.3, -0.25) is 0 Å². The first kappa shape index (κ1) is 13.7. The van der Waals surface area contributed by atoms with Gasteiger partial charge in [-0.25, -0.2) is 0 Å². The summed E-state index contributed by atoms with van der Waals surface area (Å²) in [7, 11) is 0. The highest BCUT2D eigenvalue weighted by molar-refractivity contribution is 5.82. The van der Waals surface area contributed by atoms with Crippen LogP contribution in [-0.2, 0) is 11.3 Å². The molecule has 2 aromatic rings. The quantitative estimate of drug-likeness (QED) is 0.813. The minimum atomic E-state index is 0.508. The van der Waals surface area contributed by atoms with Crippen LogP contribution in [0.1, 0.15) is 37.0 Å². The van der Waals surface area contributed by atoms with E-state index in [0.29, 0.717) is 6.10 Å². The van der Waals surface area contributed by atoms with E-state index in [-0.39, 0.29) is 0 Å². The van der Waals surface area contributed by atoms with Crippen molar-refractivity contribution in [2.24, 2.45) is 0 Å². The fourth-order valence-electron chi connectivity index (χ4n) is 3.01. The molecule has 1 aromatic heterocycles. The molecule has 1 fully saturated rings. The van der Waals surface area contributed by atoms with E-state index in [9.17, 15) is 0 Å². The van der Waals surface area contributed by atoms with Crippen LogP contribution in [-0.4, -0.2) is 19.3 Å². The Bertz CT molecular complexity index is 555. The molecule has 0 spiro atoms. The molecule has 3 rings (SSSR count). The van der Waals surface area contributed by atoms with Gasteiger partial charge in [-0.05, 0) is 25.8 Å². The van der Waals surface area contributed by atoms with Crippen LogP contribution in [0.2, 0.25) is 0 Å². The zero-order valence-corrected chi connectivity index (χ0v) is 12.2. The third kappa shape index (κ3) is 3.05. The van der Waals surface area contributed by atoms with Crippen molar-refractivity contribution in [3.63, 3.8) is 0 Å². The lowest BCUT2D eigenvalue weighted by Crippen LogP contribution is -2.22. The zero-order valence-electron chi connectivity index (χ0n) is 12.2. The maximum absolute atomic E-state index is 5.85. The second kappa shape index (κ2) is 6.42. The van der Waals surface area contributed by atoms with Crippen LogP contribution in [0.3, 0.4) is 0 Å². The number of hydrogen-bond donors (Lipinski definition) is 1. The standard InChI is InChI=1S/C17H23NO2/c1-13-16(15-8-4-5-9-17(15)20-13)12-18-10-11-19-14-6-2-3-7-14/h4-5,8-9,14,18H,2-3,6-7,10-12H2,1H3. The second-order valence-corrected chi connectivity index (χ2v) is 5.59. The van der Waals surface area contributed by atoms with Crippen LogP contribution < -0.4 is 5.32 Å². The number of furan rings is 1. The Morgan fingerprint density at radius 3 is 2.90 bits per heavy atom. The van der Waals surface area contributed by atoms with Crippen LogP contribution >= 0.6 is 0 Å². The predicted molar refractivity (Wildman–Crippen MR) is 80.9 cm³/mol. The smallest absolute Gasteiger partial charge is 0.134 e. The van der Waals surface area contributed by atoms with Crippen molar-refractivity contribution in [3.05, 3.63) is 35.6 Å². The summed E-state index contributed by atoms with van der Waals surface area (Å²) in [5, 5.41) is 4.68. The normalized spacial score (nSPS) is 16.2. The van der Waals surface area contributed by atoms with Crippen molar-refractivity contribution in [2.75, 3.05) is 13.2 Å². The van der Waals surface area contributed by atoms with Crippen molar-refractivity contribution in [2.45, 2.75) is 45.3 Å². The van der Waals surface area contributed by atoms with Crippen molar-refractivity contribution in [1.82, 2.24) is 5.32 Å². The molecule has 1 heterocycles. The lowest BCUT2D eigenvalue weighted by atomic mass is 10.1. The number of ether oxygens (including phenoxy) is 1. The van der Waals surface area contributed by atoms with E-state index in [4.69, 9.17) is 9.15 Å². The molecule has 3 heteroatoms. The fraction of sp³-hybridized carbons (Fsp3) is 0.529. The fourth-order valence-corrected chi connectivity index (χ4v) is 3.01. The average Bonchev–Trinajstić information content (AvgIpc) is 3.06. The first-order chi connectivity index (χ1) is 9.84. The molecule has 0 saturated heterocycles. The number of para-hydroxylation sites is 1. The lowest BCUT2D eigenvalue weighted by Gasteiger charge is -2.11. The minimum Gasteiger partial charge on any atom is -0.461 e. The highest BCUT2D eigenvalue weighted by Gasteiger charge is 2.14. The van der Waals surface area contributed by atoms with E-state index < -0.39 is 0 Å². The Labute approximate surface area is 120 Å². The van der Waals surface area contributed by atoms with Crippen molar-refractivity contribution in [1.29, 1.82) is 0 Å². The first-order valence-corrected chi connectivity index (χ1v) is 7.64. The van der Waals surface area contributed by atoms with Crippen molar-refractivity contribution in [3.8, 4) is 0 Å². The van der Waals surface area contributed by atoms with Gasteiger partial charge in [0.25, 0.3) is 0 Å². The summed E-state index contributed by atoms with van der Waals surface area (Å²) in [6.07, 6.45) is 5.65. The molecule has 0 aliphatic heterocycles. The van der Waals surface area contributed by atoms with E-state index in [2.05, 4.69) is 17.4 Å². The zero-order chi connectivity index (χ0) is 13.8. The van der Waals surface area contributed by atoms with E-state index in [0.717, 1.165) is 31.0 Å². The highest BCUT2D eigenvalue weighted by Crippen LogP contribution is 2.25. The molecule has 0 amide bonds. The van der Waals surface area contributed by atoms with Gasteiger partial charge in [0.1, 0.15) is 11.3 Å². The van der Waals surface area contributed by atoms with E-state index in [1.165, 1.54) is 36.6 Å². The van der Waals surface area contributed by atoms with Gasteiger partial charge in [-0.15, -0.1) is 0 Å². The molecule has 0 unspecified atom stereocenters. The summed E-state index contributed by atoms with van der Waals surface area (Å²) >= 11 is 0. The molecule has 1 N–H and O–H groups in total. The number of benzene rings is 1. The van der Waals surface area contributed by atoms with Gasteiger partial charge in [-0.2, -0.15) is 0 Å². The summed E-state index contributed by atoms with van der Waals surface area (Å²) < 4.78 is 11.6. The Morgan fingerprint density at radius 1 is 1.25 bits per heavy atom. The molecule has 1 aliphatic rings. The third-order valence-electron chi connectivity index (χ3n) is 4.14. The van der Waals surface area contributed by atoms with Gasteiger partial charge < -0.3 is 14.5 Å². The maximum Gasteiger partial charge on any atom is 0.134 e. The second-order valence-electron chi connectivity index (χ2n) is 5.59. The van der Waals surface area contributed by atoms with Gasteiger partial charge in [0.2, 0.25) is 0 Å². The SMILES string of the molecule is Cc1oc2ccccc2c1CNCCOC1CCCC1.